The van der Waals surface area contributed by atoms with E-state index in [0.717, 1.165) is 25.3 Å². The summed E-state index contributed by atoms with van der Waals surface area (Å²) < 4.78 is 0. The maximum atomic E-state index is 8.75. The van der Waals surface area contributed by atoms with Crippen LogP contribution < -0.4 is 10.6 Å². The van der Waals surface area contributed by atoms with E-state index in [1.165, 1.54) is 6.42 Å². The number of nitrogens with zero attached hydrogens (tertiary/aromatic N) is 2. The van der Waals surface area contributed by atoms with Gasteiger partial charge in [-0.15, -0.1) is 0 Å². The fourth-order valence-corrected chi connectivity index (χ4v) is 1.76. The molecule has 78 valence electrons. The molecule has 2 N–H and O–H groups in total. The number of rotatable bonds is 2. The minimum absolute atomic E-state index is 0.431. The minimum atomic E-state index is 0.431. The van der Waals surface area contributed by atoms with Gasteiger partial charge >= 0.3 is 0 Å². The van der Waals surface area contributed by atoms with Crippen molar-refractivity contribution in [2.24, 2.45) is 0 Å². The molecule has 0 aliphatic carbocycles. The van der Waals surface area contributed by atoms with Crippen LogP contribution in [-0.2, 0) is 0 Å². The zero-order chi connectivity index (χ0) is 10.5. The lowest BCUT2D eigenvalue weighted by atomic mass is 10.1. The Balaban J connectivity index is 2.00. The molecule has 1 aromatic rings. The second-order valence-corrected chi connectivity index (χ2v) is 3.73. The van der Waals surface area contributed by atoms with Crippen molar-refractivity contribution in [3.8, 4) is 6.07 Å². The van der Waals surface area contributed by atoms with Crippen molar-refractivity contribution in [2.45, 2.75) is 18.9 Å². The average molecular weight is 202 g/mol. The molecular formula is C11H14N4. The minimum Gasteiger partial charge on any atom is -0.366 e. The van der Waals surface area contributed by atoms with Gasteiger partial charge in [-0.1, -0.05) is 0 Å². The third kappa shape index (κ3) is 2.67. The monoisotopic (exact) mass is 202 g/mol. The predicted octanol–water partition coefficient (Wildman–Crippen LogP) is 1.12. The van der Waals surface area contributed by atoms with E-state index in [2.05, 4.69) is 21.7 Å². The number of aromatic nitrogens is 1. The first-order chi connectivity index (χ1) is 7.38. The molecular weight excluding hydrogens is 188 g/mol. The maximum Gasteiger partial charge on any atom is 0.127 e. The lowest BCUT2D eigenvalue weighted by Crippen LogP contribution is -2.38. The Hall–Kier alpha value is -1.60. The number of hydrogen-bond donors (Lipinski definition) is 2. The fourth-order valence-electron chi connectivity index (χ4n) is 1.76. The smallest absolute Gasteiger partial charge is 0.127 e. The lowest BCUT2D eigenvalue weighted by Gasteiger charge is -2.24. The topological polar surface area (TPSA) is 60.7 Å². The Morgan fingerprint density at radius 1 is 1.60 bits per heavy atom. The highest BCUT2D eigenvalue weighted by atomic mass is 15.1. The van der Waals surface area contributed by atoms with Crippen LogP contribution in [-0.4, -0.2) is 24.1 Å². The van der Waals surface area contributed by atoms with E-state index in [0.29, 0.717) is 11.6 Å². The van der Waals surface area contributed by atoms with E-state index in [4.69, 9.17) is 5.26 Å². The summed E-state index contributed by atoms with van der Waals surface area (Å²) in [5.74, 6) is 0.794. The van der Waals surface area contributed by atoms with Crippen LogP contribution in [0.5, 0.6) is 0 Å². The Bertz CT molecular complexity index is 363. The molecule has 0 aromatic carbocycles. The van der Waals surface area contributed by atoms with E-state index in [9.17, 15) is 0 Å². The summed E-state index contributed by atoms with van der Waals surface area (Å²) in [7, 11) is 0. The van der Waals surface area contributed by atoms with Gasteiger partial charge in [0.1, 0.15) is 5.82 Å². The lowest BCUT2D eigenvalue weighted by molar-refractivity contribution is 0.479. The third-order valence-electron chi connectivity index (χ3n) is 2.54. The molecule has 2 rings (SSSR count). The second-order valence-electron chi connectivity index (χ2n) is 3.73. The summed E-state index contributed by atoms with van der Waals surface area (Å²) in [5.41, 5.74) is 0.649. The second kappa shape index (κ2) is 4.76. The molecule has 0 bridgehead atoms. The van der Waals surface area contributed by atoms with Crippen molar-refractivity contribution >= 4 is 5.82 Å². The molecule has 0 spiro atoms. The van der Waals surface area contributed by atoms with Gasteiger partial charge in [0.2, 0.25) is 0 Å². The van der Waals surface area contributed by atoms with Crippen molar-refractivity contribution in [3.05, 3.63) is 23.9 Å². The Kier molecular flexibility index (Phi) is 3.15. The maximum absolute atomic E-state index is 8.75. The molecule has 1 aliphatic rings. The van der Waals surface area contributed by atoms with Gasteiger partial charge in [-0.05, 0) is 31.5 Å². The van der Waals surface area contributed by atoms with Crippen LogP contribution in [0.25, 0.3) is 0 Å². The van der Waals surface area contributed by atoms with Crippen LogP contribution in [0.15, 0.2) is 18.3 Å². The molecule has 0 radical (unpaired) electrons. The molecule has 2 heterocycles. The summed E-state index contributed by atoms with van der Waals surface area (Å²) in [6, 6.07) is 6.04. The van der Waals surface area contributed by atoms with Crippen molar-refractivity contribution < 1.29 is 0 Å². The molecule has 1 aliphatic heterocycles. The zero-order valence-electron chi connectivity index (χ0n) is 8.53. The highest BCUT2D eigenvalue weighted by Gasteiger charge is 2.12. The molecule has 0 amide bonds. The van der Waals surface area contributed by atoms with E-state index in [1.54, 1.807) is 18.3 Å². The number of hydrogen-bond acceptors (Lipinski definition) is 4. The van der Waals surface area contributed by atoms with Crippen LogP contribution in [0.3, 0.4) is 0 Å². The first-order valence-corrected chi connectivity index (χ1v) is 5.22. The Labute approximate surface area is 89.3 Å². The highest BCUT2D eigenvalue weighted by Crippen LogP contribution is 2.11. The average Bonchev–Trinajstić information content (AvgIpc) is 2.31. The van der Waals surface area contributed by atoms with Gasteiger partial charge in [-0.3, -0.25) is 0 Å². The van der Waals surface area contributed by atoms with Crippen LogP contribution >= 0.6 is 0 Å². The number of nitrogens with one attached hydrogen (secondary N) is 2. The molecule has 1 aromatic heterocycles. The van der Waals surface area contributed by atoms with Crippen molar-refractivity contribution in [1.29, 1.82) is 5.26 Å². The molecule has 4 heteroatoms. The predicted molar refractivity (Wildman–Crippen MR) is 58.5 cm³/mol. The molecule has 1 saturated heterocycles. The quantitative estimate of drug-likeness (QED) is 0.754. The molecule has 0 unspecified atom stereocenters. The summed E-state index contributed by atoms with van der Waals surface area (Å²) in [6.45, 7) is 2.07. The Morgan fingerprint density at radius 3 is 3.27 bits per heavy atom. The molecule has 4 nitrogen and oxygen atoms in total. The van der Waals surface area contributed by atoms with E-state index in [-0.39, 0.29) is 0 Å². The molecule has 1 atom stereocenters. The number of nitriles is 1. The van der Waals surface area contributed by atoms with Gasteiger partial charge in [-0.25, -0.2) is 4.98 Å². The van der Waals surface area contributed by atoms with Crippen molar-refractivity contribution in [1.82, 2.24) is 10.3 Å². The van der Waals surface area contributed by atoms with Crippen LogP contribution in [0, 0.1) is 11.3 Å². The number of piperidine rings is 1. The van der Waals surface area contributed by atoms with Gasteiger partial charge in [0.05, 0.1) is 11.6 Å². The molecule has 0 saturated carbocycles. The van der Waals surface area contributed by atoms with Gasteiger partial charge < -0.3 is 10.6 Å². The molecule has 15 heavy (non-hydrogen) atoms. The number of anilines is 1. The van der Waals surface area contributed by atoms with Crippen LogP contribution in [0.4, 0.5) is 5.82 Å². The number of pyridine rings is 1. The first kappa shape index (κ1) is 9.94. The fraction of sp³-hybridized carbons (Fsp3) is 0.455. The highest BCUT2D eigenvalue weighted by molar-refractivity contribution is 5.43. The largest absolute Gasteiger partial charge is 0.366 e. The van der Waals surface area contributed by atoms with Gasteiger partial charge in [-0.2, -0.15) is 5.26 Å². The van der Waals surface area contributed by atoms with Crippen LogP contribution in [0.2, 0.25) is 0 Å². The van der Waals surface area contributed by atoms with E-state index >= 15 is 0 Å². The van der Waals surface area contributed by atoms with Gasteiger partial charge in [0.15, 0.2) is 0 Å². The third-order valence-corrected chi connectivity index (χ3v) is 2.54. The summed E-state index contributed by atoms with van der Waals surface area (Å²) in [4.78, 5) is 4.19. The summed E-state index contributed by atoms with van der Waals surface area (Å²) >= 11 is 0. The van der Waals surface area contributed by atoms with Crippen molar-refractivity contribution in [3.63, 3.8) is 0 Å². The Morgan fingerprint density at radius 2 is 2.53 bits per heavy atom. The summed E-state index contributed by atoms with van der Waals surface area (Å²) in [6.07, 6.45) is 4.01. The van der Waals surface area contributed by atoms with Gasteiger partial charge in [0.25, 0.3) is 0 Å². The molecule has 1 fully saturated rings. The first-order valence-electron chi connectivity index (χ1n) is 5.22. The zero-order valence-corrected chi connectivity index (χ0v) is 8.53. The van der Waals surface area contributed by atoms with E-state index < -0.39 is 0 Å². The van der Waals surface area contributed by atoms with Crippen LogP contribution in [0.1, 0.15) is 18.4 Å². The normalized spacial score (nSPS) is 20.6. The van der Waals surface area contributed by atoms with Crippen molar-refractivity contribution in [2.75, 3.05) is 18.4 Å². The summed E-state index contributed by atoms with van der Waals surface area (Å²) in [5, 5.41) is 15.4. The van der Waals surface area contributed by atoms with E-state index in [1.807, 2.05) is 0 Å². The SMILES string of the molecule is N#Cc1ccnc(N[C@H]2CCCNC2)c1. The van der Waals surface area contributed by atoms with Gasteiger partial charge in [0, 0.05) is 18.8 Å². The standard InChI is InChI=1S/C11H14N4/c12-7-9-3-5-14-11(6-9)15-10-2-1-4-13-8-10/h3,5-6,10,13H,1-2,4,8H2,(H,14,15)/t10-/m0/s1.